The molecule has 180 valence electrons. The third-order valence-electron chi connectivity index (χ3n) is 6.14. The van der Waals surface area contributed by atoms with Crippen molar-refractivity contribution in [2.24, 2.45) is 0 Å². The second-order valence-electron chi connectivity index (χ2n) is 8.79. The van der Waals surface area contributed by atoms with Crippen molar-refractivity contribution in [3.63, 3.8) is 0 Å². The molecule has 4 heteroatoms. The molecule has 0 radical (unpaired) electrons. The molecule has 0 saturated carbocycles. The van der Waals surface area contributed by atoms with Gasteiger partial charge in [-0.2, -0.15) is 0 Å². The van der Waals surface area contributed by atoms with Crippen LogP contribution in [-0.4, -0.2) is 28.0 Å². The minimum absolute atomic E-state index is 0.135. The standard InChI is InChI=1S/C31H32ClNO2/c32-21-31(34)30(20-25-16-18-29(19-17-25)35-24-28-14-8-3-9-15-28)33(22-26-10-4-1-5-11-26)23-27-12-6-2-7-13-27/h1-19,30-31,34H,20-24H2/t30-,31+/m0/s1. The number of ether oxygens (including phenoxy) is 1. The van der Waals surface area contributed by atoms with E-state index in [1.165, 1.54) is 11.1 Å². The van der Waals surface area contributed by atoms with Gasteiger partial charge < -0.3 is 9.84 Å². The number of benzene rings is 4. The first-order valence-electron chi connectivity index (χ1n) is 12.0. The lowest BCUT2D eigenvalue weighted by Crippen LogP contribution is -2.45. The molecule has 0 fully saturated rings. The van der Waals surface area contributed by atoms with E-state index in [1.807, 2.05) is 42.5 Å². The number of halogens is 1. The van der Waals surface area contributed by atoms with Crippen molar-refractivity contribution < 1.29 is 9.84 Å². The van der Waals surface area contributed by atoms with Crippen molar-refractivity contribution in [1.82, 2.24) is 4.90 Å². The van der Waals surface area contributed by atoms with Gasteiger partial charge in [0.25, 0.3) is 0 Å². The summed E-state index contributed by atoms with van der Waals surface area (Å²) in [4.78, 5) is 2.33. The molecule has 1 N–H and O–H groups in total. The van der Waals surface area contributed by atoms with E-state index in [0.717, 1.165) is 30.0 Å². The third-order valence-corrected chi connectivity index (χ3v) is 6.46. The molecular formula is C31H32ClNO2. The predicted octanol–water partition coefficient (Wildman–Crippen LogP) is 6.48. The quantitative estimate of drug-likeness (QED) is 0.233. The van der Waals surface area contributed by atoms with E-state index < -0.39 is 6.10 Å². The zero-order chi connectivity index (χ0) is 24.3. The van der Waals surface area contributed by atoms with Gasteiger partial charge in [0.1, 0.15) is 12.4 Å². The van der Waals surface area contributed by atoms with Crippen LogP contribution in [0, 0.1) is 0 Å². The first-order valence-corrected chi connectivity index (χ1v) is 12.6. The van der Waals surface area contributed by atoms with E-state index >= 15 is 0 Å². The topological polar surface area (TPSA) is 32.7 Å². The van der Waals surface area contributed by atoms with Crippen LogP contribution in [0.5, 0.6) is 5.75 Å². The van der Waals surface area contributed by atoms with E-state index in [-0.39, 0.29) is 11.9 Å². The Labute approximate surface area is 213 Å². The van der Waals surface area contributed by atoms with Crippen LogP contribution >= 0.6 is 11.6 Å². The van der Waals surface area contributed by atoms with E-state index in [2.05, 4.69) is 77.7 Å². The SMILES string of the molecule is O[C@H](CCl)[C@H](Cc1ccc(OCc2ccccc2)cc1)N(Cc1ccccc1)Cc1ccccc1. The largest absolute Gasteiger partial charge is 0.489 e. The van der Waals surface area contributed by atoms with Crippen LogP contribution in [0.25, 0.3) is 0 Å². The van der Waals surface area contributed by atoms with Crippen LogP contribution in [0.15, 0.2) is 115 Å². The maximum atomic E-state index is 11.0. The molecule has 0 bridgehead atoms. The maximum Gasteiger partial charge on any atom is 0.119 e. The van der Waals surface area contributed by atoms with Crippen molar-refractivity contribution in [3.05, 3.63) is 138 Å². The Bertz CT molecular complexity index is 1080. The molecule has 0 aliphatic heterocycles. The van der Waals surface area contributed by atoms with Crippen LogP contribution in [0.4, 0.5) is 0 Å². The fourth-order valence-corrected chi connectivity index (χ4v) is 4.45. The first kappa shape index (κ1) is 25.0. The van der Waals surface area contributed by atoms with E-state index in [4.69, 9.17) is 16.3 Å². The molecule has 0 aliphatic rings. The number of hydrogen-bond acceptors (Lipinski definition) is 3. The Hall–Kier alpha value is -3.11. The molecule has 0 unspecified atom stereocenters. The second kappa shape index (κ2) is 13.1. The molecule has 0 heterocycles. The van der Waals surface area contributed by atoms with Gasteiger partial charge in [0.05, 0.1) is 6.10 Å². The van der Waals surface area contributed by atoms with Gasteiger partial charge >= 0.3 is 0 Å². The Kier molecular flexibility index (Phi) is 9.36. The van der Waals surface area contributed by atoms with E-state index in [1.54, 1.807) is 0 Å². The predicted molar refractivity (Wildman–Crippen MR) is 144 cm³/mol. The molecular weight excluding hydrogens is 454 g/mol. The zero-order valence-corrected chi connectivity index (χ0v) is 20.6. The van der Waals surface area contributed by atoms with Crippen molar-refractivity contribution in [3.8, 4) is 5.75 Å². The molecule has 3 nitrogen and oxygen atoms in total. The Morgan fingerprint density at radius 2 is 1.11 bits per heavy atom. The van der Waals surface area contributed by atoms with Crippen LogP contribution in [-0.2, 0) is 26.1 Å². The highest BCUT2D eigenvalue weighted by Crippen LogP contribution is 2.22. The molecule has 0 spiro atoms. The summed E-state index contributed by atoms with van der Waals surface area (Å²) in [5.74, 6) is 1.01. The minimum Gasteiger partial charge on any atom is -0.489 e. The van der Waals surface area contributed by atoms with Crippen LogP contribution in [0.1, 0.15) is 22.3 Å². The summed E-state index contributed by atoms with van der Waals surface area (Å²) in [7, 11) is 0. The highest BCUT2D eigenvalue weighted by molar-refractivity contribution is 6.18. The molecule has 0 amide bonds. The number of alkyl halides is 1. The number of aliphatic hydroxyl groups is 1. The van der Waals surface area contributed by atoms with Gasteiger partial charge in [0.2, 0.25) is 0 Å². The third kappa shape index (κ3) is 7.69. The van der Waals surface area contributed by atoms with Gasteiger partial charge in [0.15, 0.2) is 0 Å². The lowest BCUT2D eigenvalue weighted by atomic mass is 9.98. The lowest BCUT2D eigenvalue weighted by molar-refractivity contribution is 0.0526. The maximum absolute atomic E-state index is 11.0. The number of nitrogens with zero attached hydrogens (tertiary/aromatic N) is 1. The summed E-state index contributed by atoms with van der Waals surface area (Å²) in [6, 6.07) is 38.9. The average molecular weight is 486 g/mol. The molecule has 0 saturated heterocycles. The highest BCUT2D eigenvalue weighted by atomic mass is 35.5. The monoisotopic (exact) mass is 485 g/mol. The van der Waals surface area contributed by atoms with Gasteiger partial charge in [0, 0.05) is 25.0 Å². The molecule has 4 aromatic carbocycles. The molecule has 0 aromatic heterocycles. The number of aliphatic hydroxyl groups excluding tert-OH is 1. The average Bonchev–Trinajstić information content (AvgIpc) is 2.92. The summed E-state index contributed by atoms with van der Waals surface area (Å²) >= 11 is 6.19. The zero-order valence-electron chi connectivity index (χ0n) is 19.8. The lowest BCUT2D eigenvalue weighted by Gasteiger charge is -2.35. The minimum atomic E-state index is -0.655. The smallest absolute Gasteiger partial charge is 0.119 e. The number of hydrogen-bond donors (Lipinski definition) is 1. The molecule has 0 aliphatic carbocycles. The molecule has 4 aromatic rings. The van der Waals surface area contributed by atoms with Crippen LogP contribution in [0.3, 0.4) is 0 Å². The Morgan fingerprint density at radius 1 is 0.629 bits per heavy atom. The van der Waals surface area contributed by atoms with E-state index in [9.17, 15) is 5.11 Å². The van der Waals surface area contributed by atoms with Gasteiger partial charge in [-0.3, -0.25) is 4.90 Å². The van der Waals surface area contributed by atoms with Crippen LogP contribution in [0.2, 0.25) is 0 Å². The highest BCUT2D eigenvalue weighted by Gasteiger charge is 2.26. The van der Waals surface area contributed by atoms with Crippen molar-refractivity contribution in [1.29, 1.82) is 0 Å². The first-order chi connectivity index (χ1) is 17.2. The fraction of sp³-hybridized carbons (Fsp3) is 0.226. The summed E-state index contributed by atoms with van der Waals surface area (Å²) < 4.78 is 5.95. The fourth-order valence-electron chi connectivity index (χ4n) is 4.24. The van der Waals surface area contributed by atoms with Crippen molar-refractivity contribution in [2.45, 2.75) is 38.3 Å². The van der Waals surface area contributed by atoms with Crippen LogP contribution < -0.4 is 4.74 Å². The Balaban J connectivity index is 1.50. The van der Waals surface area contributed by atoms with Gasteiger partial charge in [-0.15, -0.1) is 11.6 Å². The number of rotatable bonds is 12. The van der Waals surface area contributed by atoms with Crippen molar-refractivity contribution in [2.75, 3.05) is 5.88 Å². The van der Waals surface area contributed by atoms with Gasteiger partial charge in [-0.25, -0.2) is 0 Å². The Morgan fingerprint density at radius 3 is 1.60 bits per heavy atom. The second-order valence-corrected chi connectivity index (χ2v) is 9.10. The molecule has 2 atom stereocenters. The summed E-state index contributed by atoms with van der Waals surface area (Å²) in [6.07, 6.45) is 0.0325. The van der Waals surface area contributed by atoms with Crippen molar-refractivity contribution >= 4 is 11.6 Å². The van der Waals surface area contributed by atoms with Gasteiger partial charge in [-0.1, -0.05) is 103 Å². The van der Waals surface area contributed by atoms with E-state index in [0.29, 0.717) is 13.0 Å². The molecule has 35 heavy (non-hydrogen) atoms. The normalized spacial score (nSPS) is 12.9. The molecule has 4 rings (SSSR count). The summed E-state index contributed by atoms with van der Waals surface area (Å²) in [5.41, 5.74) is 4.69. The summed E-state index contributed by atoms with van der Waals surface area (Å²) in [6.45, 7) is 1.99. The van der Waals surface area contributed by atoms with Gasteiger partial charge in [-0.05, 0) is 40.8 Å². The summed E-state index contributed by atoms with van der Waals surface area (Å²) in [5, 5.41) is 11.0.